The quantitative estimate of drug-likeness (QED) is 0.482. The Bertz CT molecular complexity index is 1100. The Kier molecular flexibility index (Phi) is 5.92. The molecule has 9 heteroatoms. The summed E-state index contributed by atoms with van der Waals surface area (Å²) in [5.74, 6) is 1.53. The minimum Gasteiger partial charge on any atom is -0.495 e. The van der Waals surface area contributed by atoms with E-state index < -0.39 is 0 Å². The molecule has 1 aliphatic rings. The zero-order chi connectivity index (χ0) is 21.3. The van der Waals surface area contributed by atoms with Crippen molar-refractivity contribution in [3.63, 3.8) is 0 Å². The highest BCUT2D eigenvalue weighted by molar-refractivity contribution is 9.11. The number of aromatic nitrogens is 2. The number of pyridine rings is 2. The van der Waals surface area contributed by atoms with Crippen molar-refractivity contribution in [3.8, 4) is 28.5 Å². The minimum absolute atomic E-state index is 0.161. The van der Waals surface area contributed by atoms with E-state index in [1.165, 1.54) is 0 Å². The number of benzene rings is 1. The maximum absolute atomic E-state index is 13.3. The third-order valence-corrected chi connectivity index (χ3v) is 5.83. The Morgan fingerprint density at radius 1 is 1.03 bits per heavy atom. The van der Waals surface area contributed by atoms with Crippen molar-refractivity contribution in [3.05, 3.63) is 57.4 Å². The Balaban J connectivity index is 1.73. The number of hydrogen-bond donors (Lipinski definition) is 0. The summed E-state index contributed by atoms with van der Waals surface area (Å²) in [5.41, 5.74) is 2.75. The number of hydrogen-bond acceptors (Lipinski definition) is 6. The standard InChI is InChI=1S/C21H17Br2N3O4/c1-28-15-5-13(9-24-11-15)14-8-18-20(25-10-14)30-4-3-26(18)21(27)12-6-16(22)19(29-2)17(23)7-12/h5-11H,3-4H2,1-2H3. The molecule has 0 saturated carbocycles. The molecule has 7 nitrogen and oxygen atoms in total. The molecular formula is C21H17Br2N3O4. The van der Waals surface area contributed by atoms with Crippen LogP contribution in [0.25, 0.3) is 11.1 Å². The van der Waals surface area contributed by atoms with Gasteiger partial charge in [0.25, 0.3) is 5.91 Å². The van der Waals surface area contributed by atoms with Crippen LogP contribution in [-0.4, -0.2) is 43.2 Å². The van der Waals surface area contributed by atoms with Gasteiger partial charge in [0.15, 0.2) is 0 Å². The second kappa shape index (κ2) is 8.61. The number of ether oxygens (including phenoxy) is 3. The van der Waals surface area contributed by atoms with Crippen molar-refractivity contribution in [1.29, 1.82) is 0 Å². The lowest BCUT2D eigenvalue weighted by atomic mass is 10.1. The number of rotatable bonds is 4. The fraction of sp³-hybridized carbons (Fsp3) is 0.190. The smallest absolute Gasteiger partial charge is 0.258 e. The van der Waals surface area contributed by atoms with Crippen LogP contribution in [0.4, 0.5) is 5.69 Å². The predicted octanol–water partition coefficient (Wildman–Crippen LogP) is 4.73. The summed E-state index contributed by atoms with van der Waals surface area (Å²) < 4.78 is 17.6. The number of amides is 1. The summed E-state index contributed by atoms with van der Waals surface area (Å²) in [6.45, 7) is 0.777. The summed E-state index contributed by atoms with van der Waals surface area (Å²) >= 11 is 6.91. The predicted molar refractivity (Wildman–Crippen MR) is 120 cm³/mol. The Morgan fingerprint density at radius 2 is 1.77 bits per heavy atom. The molecule has 30 heavy (non-hydrogen) atoms. The molecule has 3 aromatic rings. The van der Waals surface area contributed by atoms with Crippen molar-refractivity contribution in [1.82, 2.24) is 9.97 Å². The van der Waals surface area contributed by atoms with E-state index in [9.17, 15) is 4.79 Å². The van der Waals surface area contributed by atoms with Crippen molar-refractivity contribution >= 4 is 43.5 Å². The maximum atomic E-state index is 13.3. The van der Waals surface area contributed by atoms with Gasteiger partial charge in [0.05, 0.1) is 35.9 Å². The van der Waals surface area contributed by atoms with Gasteiger partial charge in [-0.1, -0.05) is 0 Å². The molecule has 0 spiro atoms. The molecule has 1 amide bonds. The number of carbonyl (C=O) groups excluding carboxylic acids is 1. The lowest BCUT2D eigenvalue weighted by molar-refractivity contribution is 0.0975. The van der Waals surface area contributed by atoms with Crippen molar-refractivity contribution in [2.24, 2.45) is 0 Å². The second-order valence-electron chi connectivity index (χ2n) is 6.44. The first-order chi connectivity index (χ1) is 14.5. The Hall–Kier alpha value is -2.65. The van der Waals surface area contributed by atoms with E-state index in [4.69, 9.17) is 14.2 Å². The first-order valence-corrected chi connectivity index (χ1v) is 10.6. The molecule has 0 unspecified atom stereocenters. The monoisotopic (exact) mass is 533 g/mol. The maximum Gasteiger partial charge on any atom is 0.258 e. The minimum atomic E-state index is -0.161. The van der Waals surface area contributed by atoms with Crippen LogP contribution in [0.3, 0.4) is 0 Å². The SMILES string of the molecule is COc1cncc(-c2cnc3c(c2)N(C(=O)c2cc(Br)c(OC)c(Br)c2)CCO3)c1. The van der Waals surface area contributed by atoms with Crippen molar-refractivity contribution in [2.45, 2.75) is 0 Å². The zero-order valence-corrected chi connectivity index (χ0v) is 19.4. The van der Waals surface area contributed by atoms with Crippen LogP contribution in [0.15, 0.2) is 51.8 Å². The van der Waals surface area contributed by atoms with E-state index in [2.05, 4.69) is 41.8 Å². The van der Waals surface area contributed by atoms with Gasteiger partial charge in [0.1, 0.15) is 23.8 Å². The molecule has 154 valence electrons. The van der Waals surface area contributed by atoms with Crippen LogP contribution in [0.2, 0.25) is 0 Å². The Labute approximate surface area is 190 Å². The lowest BCUT2D eigenvalue weighted by Gasteiger charge is -2.29. The fourth-order valence-electron chi connectivity index (χ4n) is 3.19. The Morgan fingerprint density at radius 3 is 2.47 bits per heavy atom. The van der Waals surface area contributed by atoms with E-state index in [1.807, 2.05) is 12.1 Å². The van der Waals surface area contributed by atoms with Crippen molar-refractivity contribution < 1.29 is 19.0 Å². The first kappa shape index (κ1) is 20.6. The number of fused-ring (bicyclic) bond motifs is 1. The molecule has 0 N–H and O–H groups in total. The molecule has 0 radical (unpaired) electrons. The highest BCUT2D eigenvalue weighted by atomic mass is 79.9. The molecule has 0 atom stereocenters. The molecule has 4 rings (SSSR count). The number of carbonyl (C=O) groups is 1. The zero-order valence-electron chi connectivity index (χ0n) is 16.2. The summed E-state index contributed by atoms with van der Waals surface area (Å²) in [6, 6.07) is 7.22. The van der Waals surface area contributed by atoms with Gasteiger partial charge in [-0.15, -0.1) is 0 Å². The van der Waals surface area contributed by atoms with Crippen LogP contribution >= 0.6 is 31.9 Å². The molecule has 1 aromatic carbocycles. The van der Waals surface area contributed by atoms with Crippen LogP contribution in [0.1, 0.15) is 10.4 Å². The highest BCUT2D eigenvalue weighted by Crippen LogP contribution is 2.38. The normalized spacial score (nSPS) is 12.7. The molecule has 0 bridgehead atoms. The average molecular weight is 535 g/mol. The number of methoxy groups -OCH3 is 2. The van der Waals surface area contributed by atoms with Crippen LogP contribution in [-0.2, 0) is 0 Å². The van der Waals surface area contributed by atoms with Crippen LogP contribution < -0.4 is 19.1 Å². The summed E-state index contributed by atoms with van der Waals surface area (Å²) in [5, 5.41) is 0. The molecule has 1 aliphatic heterocycles. The second-order valence-corrected chi connectivity index (χ2v) is 8.15. The van der Waals surface area contributed by atoms with E-state index in [0.717, 1.165) is 11.1 Å². The van der Waals surface area contributed by atoms with Gasteiger partial charge >= 0.3 is 0 Å². The summed E-state index contributed by atoms with van der Waals surface area (Å²) in [4.78, 5) is 23.6. The molecule has 0 aliphatic carbocycles. The molecule has 0 saturated heterocycles. The van der Waals surface area contributed by atoms with Gasteiger partial charge < -0.3 is 19.1 Å². The number of anilines is 1. The van der Waals surface area contributed by atoms with E-state index in [-0.39, 0.29) is 5.91 Å². The summed E-state index contributed by atoms with van der Waals surface area (Å²) in [7, 11) is 3.16. The molecule has 3 heterocycles. The van der Waals surface area contributed by atoms with Gasteiger partial charge in [0, 0.05) is 29.1 Å². The van der Waals surface area contributed by atoms with Gasteiger partial charge in [-0.3, -0.25) is 9.78 Å². The molecular weight excluding hydrogens is 518 g/mol. The van der Waals surface area contributed by atoms with Crippen LogP contribution in [0.5, 0.6) is 17.4 Å². The number of nitrogens with zero attached hydrogens (tertiary/aromatic N) is 3. The molecule has 0 fully saturated rings. The third-order valence-electron chi connectivity index (χ3n) is 4.65. The topological polar surface area (TPSA) is 73.8 Å². The van der Waals surface area contributed by atoms with Gasteiger partial charge in [-0.05, 0) is 56.1 Å². The largest absolute Gasteiger partial charge is 0.495 e. The lowest BCUT2D eigenvalue weighted by Crippen LogP contribution is -2.38. The highest BCUT2D eigenvalue weighted by Gasteiger charge is 2.27. The first-order valence-electron chi connectivity index (χ1n) is 8.99. The average Bonchev–Trinajstić information content (AvgIpc) is 2.77. The number of halogens is 2. The fourth-order valence-corrected chi connectivity index (χ4v) is 4.70. The van der Waals surface area contributed by atoms with Gasteiger partial charge in [-0.25, -0.2) is 4.98 Å². The molecule has 2 aromatic heterocycles. The van der Waals surface area contributed by atoms with E-state index in [0.29, 0.717) is 50.7 Å². The van der Waals surface area contributed by atoms with Gasteiger partial charge in [-0.2, -0.15) is 0 Å². The third kappa shape index (κ3) is 3.87. The van der Waals surface area contributed by atoms with E-state index in [1.54, 1.807) is 49.8 Å². The van der Waals surface area contributed by atoms with Crippen LogP contribution in [0, 0.1) is 0 Å². The van der Waals surface area contributed by atoms with Crippen molar-refractivity contribution in [2.75, 3.05) is 32.3 Å². The summed E-state index contributed by atoms with van der Waals surface area (Å²) in [6.07, 6.45) is 5.05. The van der Waals surface area contributed by atoms with Gasteiger partial charge in [0.2, 0.25) is 5.88 Å². The van der Waals surface area contributed by atoms with E-state index >= 15 is 0 Å².